The Labute approximate surface area is 111 Å². The van der Waals surface area contributed by atoms with Crippen molar-refractivity contribution < 1.29 is 13.2 Å². The summed E-state index contributed by atoms with van der Waals surface area (Å²) in [5, 5.41) is 0. The van der Waals surface area contributed by atoms with Crippen molar-refractivity contribution in [2.45, 2.75) is 19.6 Å². The number of nitrogens with zero attached hydrogens (tertiary/aromatic N) is 2. The van der Waals surface area contributed by atoms with Crippen molar-refractivity contribution in [1.29, 1.82) is 0 Å². The third-order valence-electron chi connectivity index (χ3n) is 2.57. The van der Waals surface area contributed by atoms with E-state index in [4.69, 9.17) is 0 Å². The van der Waals surface area contributed by atoms with E-state index in [0.717, 1.165) is 16.7 Å². The number of aromatic nitrogens is 2. The summed E-state index contributed by atoms with van der Waals surface area (Å²) in [4.78, 5) is 4.13. The van der Waals surface area contributed by atoms with Gasteiger partial charge in [0.2, 0.25) is 0 Å². The maximum Gasteiger partial charge on any atom is 0.416 e. The third-order valence-corrected chi connectivity index (χ3v) is 3.20. The topological polar surface area (TPSA) is 17.8 Å². The Bertz CT molecular complexity index is 561. The van der Waals surface area contributed by atoms with Gasteiger partial charge in [0.25, 0.3) is 0 Å². The quantitative estimate of drug-likeness (QED) is 0.804. The van der Waals surface area contributed by atoms with E-state index in [1.54, 1.807) is 16.8 Å². The first kappa shape index (κ1) is 13.1. The molecular weight excluding hydrogens is 309 g/mol. The Morgan fingerprint density at radius 1 is 1.33 bits per heavy atom. The van der Waals surface area contributed by atoms with E-state index >= 15 is 0 Å². The minimum Gasteiger partial charge on any atom is -0.319 e. The molecule has 1 aromatic carbocycles. The predicted molar refractivity (Wildman–Crippen MR) is 66.0 cm³/mol. The molecule has 0 bridgehead atoms. The second kappa shape index (κ2) is 4.76. The van der Waals surface area contributed by atoms with Crippen LogP contribution in [0.25, 0.3) is 11.4 Å². The van der Waals surface area contributed by atoms with Crippen molar-refractivity contribution in [3.63, 3.8) is 0 Å². The maximum absolute atomic E-state index is 12.6. The van der Waals surface area contributed by atoms with Crippen LogP contribution in [-0.4, -0.2) is 9.55 Å². The summed E-state index contributed by atoms with van der Waals surface area (Å²) < 4.78 is 40.5. The normalized spacial score (nSPS) is 11.8. The number of hydrogen-bond donors (Lipinski definition) is 0. The average molecular weight is 319 g/mol. The predicted octanol–water partition coefficient (Wildman–Crippen LogP) is 4.35. The summed E-state index contributed by atoms with van der Waals surface area (Å²) in [5.41, 5.74) is -0.209. The molecule has 0 N–H and O–H groups in total. The summed E-state index contributed by atoms with van der Waals surface area (Å²) >= 11 is 3.31. The molecular formula is C12H10BrF3N2. The fourth-order valence-electron chi connectivity index (χ4n) is 1.72. The van der Waals surface area contributed by atoms with Gasteiger partial charge in [-0.05, 0) is 35.0 Å². The van der Waals surface area contributed by atoms with E-state index in [1.165, 1.54) is 6.07 Å². The Balaban J connectivity index is 2.51. The zero-order chi connectivity index (χ0) is 13.3. The Hall–Kier alpha value is -1.30. The van der Waals surface area contributed by atoms with Gasteiger partial charge in [0.1, 0.15) is 10.4 Å². The van der Waals surface area contributed by atoms with Gasteiger partial charge in [-0.3, -0.25) is 0 Å². The first-order chi connectivity index (χ1) is 8.43. The molecule has 6 heteroatoms. The summed E-state index contributed by atoms with van der Waals surface area (Å²) in [5.74, 6) is 0.524. The van der Waals surface area contributed by atoms with Gasteiger partial charge >= 0.3 is 6.18 Å². The van der Waals surface area contributed by atoms with E-state index in [0.29, 0.717) is 17.9 Å². The van der Waals surface area contributed by atoms with Crippen LogP contribution in [0, 0.1) is 0 Å². The number of halogens is 4. The largest absolute Gasteiger partial charge is 0.416 e. The summed E-state index contributed by atoms with van der Waals surface area (Å²) in [7, 11) is 0. The molecule has 0 aliphatic rings. The van der Waals surface area contributed by atoms with Crippen molar-refractivity contribution in [2.24, 2.45) is 0 Å². The van der Waals surface area contributed by atoms with Crippen LogP contribution in [0.2, 0.25) is 0 Å². The van der Waals surface area contributed by atoms with E-state index in [9.17, 15) is 13.2 Å². The van der Waals surface area contributed by atoms with Crippen LogP contribution in [0.5, 0.6) is 0 Å². The van der Waals surface area contributed by atoms with Crippen LogP contribution >= 0.6 is 15.9 Å². The molecule has 2 nitrogen and oxygen atoms in total. The zero-order valence-electron chi connectivity index (χ0n) is 9.50. The van der Waals surface area contributed by atoms with E-state index in [2.05, 4.69) is 20.9 Å². The van der Waals surface area contributed by atoms with Crippen molar-refractivity contribution in [2.75, 3.05) is 0 Å². The number of rotatable bonds is 2. The molecule has 1 heterocycles. The van der Waals surface area contributed by atoms with Gasteiger partial charge in [-0.2, -0.15) is 13.2 Å². The maximum atomic E-state index is 12.6. The van der Waals surface area contributed by atoms with Crippen molar-refractivity contribution in [1.82, 2.24) is 9.55 Å². The average Bonchev–Trinajstić information content (AvgIpc) is 2.69. The van der Waals surface area contributed by atoms with Gasteiger partial charge in [-0.15, -0.1) is 0 Å². The molecule has 2 aromatic rings. The number of alkyl halides is 3. The van der Waals surface area contributed by atoms with Gasteiger partial charge in [0, 0.05) is 12.1 Å². The minimum absolute atomic E-state index is 0.456. The molecule has 0 aliphatic carbocycles. The Morgan fingerprint density at radius 3 is 2.67 bits per heavy atom. The van der Waals surface area contributed by atoms with Crippen molar-refractivity contribution in [3.8, 4) is 11.4 Å². The second-order valence-corrected chi connectivity index (χ2v) is 4.54. The van der Waals surface area contributed by atoms with Gasteiger partial charge in [-0.25, -0.2) is 4.98 Å². The Kier molecular flexibility index (Phi) is 3.47. The van der Waals surface area contributed by atoms with Gasteiger partial charge in [-0.1, -0.05) is 12.1 Å². The Morgan fingerprint density at radius 2 is 2.06 bits per heavy atom. The molecule has 0 radical (unpaired) electrons. The lowest BCUT2D eigenvalue weighted by atomic mass is 10.1. The molecule has 2 rings (SSSR count). The SMILES string of the molecule is CCn1c(Br)cnc1-c1cccc(C(F)(F)F)c1. The van der Waals surface area contributed by atoms with Crippen LogP contribution < -0.4 is 0 Å². The molecule has 0 spiro atoms. The highest BCUT2D eigenvalue weighted by Gasteiger charge is 2.30. The van der Waals surface area contributed by atoms with Gasteiger partial charge < -0.3 is 4.57 Å². The second-order valence-electron chi connectivity index (χ2n) is 3.73. The zero-order valence-corrected chi connectivity index (χ0v) is 11.1. The molecule has 0 saturated heterocycles. The van der Waals surface area contributed by atoms with Crippen molar-refractivity contribution in [3.05, 3.63) is 40.6 Å². The smallest absolute Gasteiger partial charge is 0.319 e. The lowest BCUT2D eigenvalue weighted by Crippen LogP contribution is -2.05. The molecule has 0 fully saturated rings. The fourth-order valence-corrected chi connectivity index (χ4v) is 2.24. The number of hydrogen-bond acceptors (Lipinski definition) is 1. The van der Waals surface area contributed by atoms with Crippen molar-refractivity contribution >= 4 is 15.9 Å². The summed E-state index contributed by atoms with van der Waals surface area (Å²) in [6.07, 6.45) is -2.75. The first-order valence-corrected chi connectivity index (χ1v) is 6.11. The molecule has 0 unspecified atom stereocenters. The highest BCUT2D eigenvalue weighted by atomic mass is 79.9. The number of imidazole rings is 1. The highest BCUT2D eigenvalue weighted by molar-refractivity contribution is 9.10. The van der Waals surface area contributed by atoms with Crippen LogP contribution in [0.15, 0.2) is 35.1 Å². The summed E-state index contributed by atoms with van der Waals surface area (Å²) in [6.45, 7) is 2.54. The molecule has 0 amide bonds. The van der Waals surface area contributed by atoms with Crippen LogP contribution in [0.1, 0.15) is 12.5 Å². The lowest BCUT2D eigenvalue weighted by molar-refractivity contribution is -0.137. The minimum atomic E-state index is -4.34. The molecule has 0 saturated carbocycles. The standard InChI is InChI=1S/C12H10BrF3N2/c1-2-18-10(13)7-17-11(18)8-4-3-5-9(6-8)12(14,15)16/h3-7H,2H2,1H3. The van der Waals surface area contributed by atoms with E-state index < -0.39 is 11.7 Å². The van der Waals surface area contributed by atoms with E-state index in [1.807, 2.05) is 6.92 Å². The highest BCUT2D eigenvalue weighted by Crippen LogP contribution is 2.32. The first-order valence-electron chi connectivity index (χ1n) is 5.32. The third kappa shape index (κ3) is 2.43. The number of benzene rings is 1. The molecule has 96 valence electrons. The van der Waals surface area contributed by atoms with Gasteiger partial charge in [0.05, 0.1) is 11.8 Å². The van der Waals surface area contributed by atoms with Crippen LogP contribution in [0.3, 0.4) is 0 Å². The van der Waals surface area contributed by atoms with Crippen LogP contribution in [0.4, 0.5) is 13.2 Å². The molecule has 1 aromatic heterocycles. The van der Waals surface area contributed by atoms with Gasteiger partial charge in [0.15, 0.2) is 0 Å². The van der Waals surface area contributed by atoms with E-state index in [-0.39, 0.29) is 0 Å². The fraction of sp³-hybridized carbons (Fsp3) is 0.250. The monoisotopic (exact) mass is 318 g/mol. The molecule has 18 heavy (non-hydrogen) atoms. The molecule has 0 atom stereocenters. The van der Waals surface area contributed by atoms with Crippen LogP contribution in [-0.2, 0) is 12.7 Å². The summed E-state index contributed by atoms with van der Waals surface area (Å²) in [6, 6.07) is 5.18. The lowest BCUT2D eigenvalue weighted by Gasteiger charge is -2.10. The molecule has 0 aliphatic heterocycles.